The van der Waals surface area contributed by atoms with Gasteiger partial charge in [-0.25, -0.2) is 0 Å². The molecule has 0 radical (unpaired) electrons. The standard InChI is InChI=1S/C9H14F3N3O/c10-9(11,12)16-8-5-13-3-1-6-15-7-2-4-14-15/h2,4,7,13H,1,3,5-6,8H2. The van der Waals surface area contributed by atoms with E-state index in [9.17, 15) is 13.2 Å². The van der Waals surface area contributed by atoms with Gasteiger partial charge in [0.05, 0.1) is 6.61 Å². The number of ether oxygens (including phenoxy) is 1. The molecule has 0 fully saturated rings. The molecule has 7 heteroatoms. The summed E-state index contributed by atoms with van der Waals surface area (Å²) in [6.45, 7) is 1.23. The Balaban J connectivity index is 1.89. The van der Waals surface area contributed by atoms with Gasteiger partial charge in [-0.05, 0) is 19.0 Å². The van der Waals surface area contributed by atoms with Gasteiger partial charge < -0.3 is 5.32 Å². The molecule has 1 aromatic heterocycles. The molecule has 0 saturated carbocycles. The van der Waals surface area contributed by atoms with Crippen LogP contribution in [0.4, 0.5) is 13.2 Å². The molecule has 0 atom stereocenters. The lowest BCUT2D eigenvalue weighted by molar-refractivity contribution is -0.323. The number of aromatic nitrogens is 2. The highest BCUT2D eigenvalue weighted by molar-refractivity contribution is 4.77. The Morgan fingerprint density at radius 1 is 1.31 bits per heavy atom. The van der Waals surface area contributed by atoms with Crippen LogP contribution in [0.25, 0.3) is 0 Å². The molecular weight excluding hydrogens is 223 g/mol. The molecule has 92 valence electrons. The summed E-state index contributed by atoms with van der Waals surface area (Å²) in [6.07, 6.45) is -0.193. The second-order valence-electron chi connectivity index (χ2n) is 3.17. The van der Waals surface area contributed by atoms with Gasteiger partial charge in [0.25, 0.3) is 0 Å². The summed E-state index contributed by atoms with van der Waals surface area (Å²) < 4.78 is 40.0. The van der Waals surface area contributed by atoms with Crippen LogP contribution in [0.3, 0.4) is 0 Å². The lowest BCUT2D eigenvalue weighted by atomic mass is 10.4. The number of halogens is 3. The predicted molar refractivity (Wildman–Crippen MR) is 51.7 cm³/mol. The van der Waals surface area contributed by atoms with E-state index in [1.54, 1.807) is 10.9 Å². The first-order valence-corrected chi connectivity index (χ1v) is 4.97. The molecule has 1 aromatic rings. The van der Waals surface area contributed by atoms with Crippen molar-refractivity contribution in [3.63, 3.8) is 0 Å². The molecule has 0 aliphatic heterocycles. The second kappa shape index (κ2) is 6.49. The summed E-state index contributed by atoms with van der Waals surface area (Å²) in [5.74, 6) is 0. The van der Waals surface area contributed by atoms with Gasteiger partial charge >= 0.3 is 6.36 Å². The van der Waals surface area contributed by atoms with Crippen molar-refractivity contribution in [1.82, 2.24) is 15.1 Å². The highest BCUT2D eigenvalue weighted by Gasteiger charge is 2.28. The molecule has 0 aromatic carbocycles. The molecule has 0 bridgehead atoms. The Morgan fingerprint density at radius 2 is 2.12 bits per heavy atom. The Kier molecular flexibility index (Phi) is 5.27. The Morgan fingerprint density at radius 3 is 2.75 bits per heavy atom. The van der Waals surface area contributed by atoms with Crippen LogP contribution in [0.15, 0.2) is 18.5 Å². The smallest absolute Gasteiger partial charge is 0.314 e. The van der Waals surface area contributed by atoms with E-state index in [-0.39, 0.29) is 13.2 Å². The van der Waals surface area contributed by atoms with Crippen LogP contribution in [-0.2, 0) is 11.3 Å². The molecule has 0 aliphatic carbocycles. The van der Waals surface area contributed by atoms with Gasteiger partial charge in [-0.15, -0.1) is 13.2 Å². The third-order valence-electron chi connectivity index (χ3n) is 1.84. The van der Waals surface area contributed by atoms with Crippen LogP contribution >= 0.6 is 0 Å². The molecule has 0 spiro atoms. The summed E-state index contributed by atoms with van der Waals surface area (Å²) in [4.78, 5) is 0. The van der Waals surface area contributed by atoms with E-state index in [1.807, 2.05) is 12.3 Å². The molecule has 0 saturated heterocycles. The van der Waals surface area contributed by atoms with E-state index >= 15 is 0 Å². The molecule has 4 nitrogen and oxygen atoms in total. The van der Waals surface area contributed by atoms with Crippen LogP contribution in [0, 0.1) is 0 Å². The fraction of sp³-hybridized carbons (Fsp3) is 0.667. The van der Waals surface area contributed by atoms with Gasteiger partial charge in [0.2, 0.25) is 0 Å². The Hall–Kier alpha value is -1.08. The normalized spacial score (nSPS) is 11.9. The van der Waals surface area contributed by atoms with Crippen molar-refractivity contribution in [3.05, 3.63) is 18.5 Å². The minimum atomic E-state index is -4.53. The van der Waals surface area contributed by atoms with Crippen LogP contribution in [0.5, 0.6) is 0 Å². The number of alkyl halides is 3. The number of nitrogens with one attached hydrogen (secondary N) is 1. The average molecular weight is 237 g/mol. The number of aryl methyl sites for hydroxylation is 1. The summed E-state index contributed by atoms with van der Waals surface area (Å²) >= 11 is 0. The minimum absolute atomic E-state index is 0.193. The predicted octanol–water partition coefficient (Wildman–Crippen LogP) is 1.40. The van der Waals surface area contributed by atoms with Crippen molar-refractivity contribution in [3.8, 4) is 0 Å². The lowest BCUT2D eigenvalue weighted by Crippen LogP contribution is -2.25. The second-order valence-corrected chi connectivity index (χ2v) is 3.17. The van der Waals surface area contributed by atoms with E-state index in [4.69, 9.17) is 0 Å². The molecule has 1 heterocycles. The van der Waals surface area contributed by atoms with Crippen molar-refractivity contribution < 1.29 is 17.9 Å². The number of hydrogen-bond acceptors (Lipinski definition) is 3. The Bertz CT molecular complexity index is 274. The van der Waals surface area contributed by atoms with E-state index in [0.29, 0.717) is 6.54 Å². The average Bonchev–Trinajstić information content (AvgIpc) is 2.67. The molecule has 0 amide bonds. The Labute approximate surface area is 91.4 Å². The zero-order valence-electron chi connectivity index (χ0n) is 8.70. The summed E-state index contributed by atoms with van der Waals surface area (Å²) in [5.41, 5.74) is 0. The van der Waals surface area contributed by atoms with E-state index in [2.05, 4.69) is 15.2 Å². The molecule has 0 aliphatic rings. The van der Waals surface area contributed by atoms with Gasteiger partial charge in [0, 0.05) is 25.5 Å². The van der Waals surface area contributed by atoms with Gasteiger partial charge in [-0.2, -0.15) is 5.10 Å². The molecule has 1 N–H and O–H groups in total. The van der Waals surface area contributed by atoms with E-state index < -0.39 is 6.36 Å². The van der Waals surface area contributed by atoms with Gasteiger partial charge in [-0.3, -0.25) is 9.42 Å². The molecule has 0 unspecified atom stereocenters. The van der Waals surface area contributed by atoms with Crippen molar-refractivity contribution >= 4 is 0 Å². The highest BCUT2D eigenvalue weighted by Crippen LogP contribution is 2.14. The SMILES string of the molecule is FC(F)(F)OCCNCCCn1cccn1. The maximum absolute atomic E-state index is 11.6. The van der Waals surface area contributed by atoms with Crippen LogP contribution in [0.1, 0.15) is 6.42 Å². The first-order valence-electron chi connectivity index (χ1n) is 4.97. The summed E-state index contributed by atoms with van der Waals surface area (Å²) in [7, 11) is 0. The highest BCUT2D eigenvalue weighted by atomic mass is 19.4. The van der Waals surface area contributed by atoms with Gasteiger partial charge in [0.15, 0.2) is 0 Å². The van der Waals surface area contributed by atoms with Crippen LogP contribution < -0.4 is 5.32 Å². The van der Waals surface area contributed by atoms with Crippen molar-refractivity contribution in [2.24, 2.45) is 0 Å². The van der Waals surface area contributed by atoms with Crippen LogP contribution in [0.2, 0.25) is 0 Å². The topological polar surface area (TPSA) is 39.1 Å². The summed E-state index contributed by atoms with van der Waals surface area (Å²) in [6, 6.07) is 1.82. The fourth-order valence-electron chi connectivity index (χ4n) is 1.16. The fourth-order valence-corrected chi connectivity index (χ4v) is 1.16. The first-order chi connectivity index (χ1) is 7.58. The number of rotatable bonds is 7. The van der Waals surface area contributed by atoms with Gasteiger partial charge in [-0.1, -0.05) is 0 Å². The molecule has 1 rings (SSSR count). The zero-order chi connectivity index (χ0) is 11.9. The van der Waals surface area contributed by atoms with Crippen LogP contribution in [-0.4, -0.2) is 35.8 Å². The number of hydrogen-bond donors (Lipinski definition) is 1. The lowest BCUT2D eigenvalue weighted by Gasteiger charge is -2.08. The molecular formula is C9H14F3N3O. The first kappa shape index (κ1) is 13.0. The quantitative estimate of drug-likeness (QED) is 0.728. The van der Waals surface area contributed by atoms with E-state index in [0.717, 1.165) is 13.0 Å². The zero-order valence-corrected chi connectivity index (χ0v) is 8.70. The third-order valence-corrected chi connectivity index (χ3v) is 1.84. The van der Waals surface area contributed by atoms with Crippen molar-refractivity contribution in [2.45, 2.75) is 19.3 Å². The van der Waals surface area contributed by atoms with Crippen molar-refractivity contribution in [2.75, 3.05) is 19.7 Å². The minimum Gasteiger partial charge on any atom is -0.314 e. The van der Waals surface area contributed by atoms with Crippen molar-refractivity contribution in [1.29, 1.82) is 0 Å². The number of nitrogens with zero attached hydrogens (tertiary/aromatic N) is 2. The molecule has 16 heavy (non-hydrogen) atoms. The monoisotopic (exact) mass is 237 g/mol. The maximum Gasteiger partial charge on any atom is 0.522 e. The summed E-state index contributed by atoms with van der Waals surface area (Å²) in [5, 5.41) is 6.85. The van der Waals surface area contributed by atoms with E-state index in [1.165, 1.54) is 0 Å². The maximum atomic E-state index is 11.6. The largest absolute Gasteiger partial charge is 0.522 e. The third kappa shape index (κ3) is 6.41. The van der Waals surface area contributed by atoms with Gasteiger partial charge in [0.1, 0.15) is 0 Å².